The molecule has 4 nitrogen and oxygen atoms in total. The first-order valence-electron chi connectivity index (χ1n) is 6.45. The van der Waals surface area contributed by atoms with E-state index in [1.54, 1.807) is 0 Å². The van der Waals surface area contributed by atoms with Crippen LogP contribution in [-0.2, 0) is 0 Å². The van der Waals surface area contributed by atoms with Gasteiger partial charge in [-0.05, 0) is 42.7 Å². The van der Waals surface area contributed by atoms with Crippen LogP contribution in [0.5, 0.6) is 5.75 Å². The summed E-state index contributed by atoms with van der Waals surface area (Å²) < 4.78 is 6.34. The van der Waals surface area contributed by atoms with E-state index in [1.807, 2.05) is 20.2 Å². The molecule has 0 amide bonds. The first kappa shape index (κ1) is 13.6. The lowest BCUT2D eigenvalue weighted by Crippen LogP contribution is -2.44. The van der Waals surface area contributed by atoms with Gasteiger partial charge in [-0.3, -0.25) is 0 Å². The summed E-state index contributed by atoms with van der Waals surface area (Å²) >= 11 is 3.41. The fourth-order valence-corrected chi connectivity index (χ4v) is 2.63. The van der Waals surface area contributed by atoms with Crippen LogP contribution < -0.4 is 15.0 Å². The maximum Gasteiger partial charge on any atom is 0.154 e. The smallest absolute Gasteiger partial charge is 0.154 e. The molecule has 1 aromatic rings. The van der Waals surface area contributed by atoms with Crippen LogP contribution in [0.3, 0.4) is 0 Å². The summed E-state index contributed by atoms with van der Waals surface area (Å²) in [5, 5.41) is 3.35. The summed E-state index contributed by atoms with van der Waals surface area (Å²) in [6.45, 7) is 4.76. The van der Waals surface area contributed by atoms with Gasteiger partial charge in [-0.2, -0.15) is 0 Å². The van der Waals surface area contributed by atoms with E-state index in [1.165, 1.54) is 12.8 Å². The Kier molecular flexibility index (Phi) is 4.83. The minimum atomic E-state index is 0.568. The van der Waals surface area contributed by atoms with Gasteiger partial charge >= 0.3 is 0 Å². The third-order valence-electron chi connectivity index (χ3n) is 3.29. The molecule has 0 aromatic carbocycles. The van der Waals surface area contributed by atoms with Crippen molar-refractivity contribution < 1.29 is 4.74 Å². The third-order valence-corrected chi connectivity index (χ3v) is 3.88. The summed E-state index contributed by atoms with van der Waals surface area (Å²) in [4.78, 5) is 6.72. The van der Waals surface area contributed by atoms with E-state index >= 15 is 0 Å². The Labute approximate surface area is 117 Å². The molecule has 1 atom stereocenters. The van der Waals surface area contributed by atoms with Crippen molar-refractivity contribution in [1.29, 1.82) is 0 Å². The second kappa shape index (κ2) is 6.38. The van der Waals surface area contributed by atoms with Gasteiger partial charge in [0.15, 0.2) is 5.75 Å². The number of nitrogens with one attached hydrogen (secondary N) is 1. The highest BCUT2D eigenvalue weighted by atomic mass is 79.9. The van der Waals surface area contributed by atoms with Crippen LogP contribution in [0.15, 0.2) is 16.9 Å². The van der Waals surface area contributed by atoms with Crippen LogP contribution in [0, 0.1) is 0 Å². The van der Waals surface area contributed by atoms with Crippen LogP contribution in [0.4, 0.5) is 5.69 Å². The van der Waals surface area contributed by atoms with Gasteiger partial charge in [0.2, 0.25) is 0 Å². The standard InChI is InChI=1S/C13H20BrN3O/c1-3-18-12-7-11(8-16-13(12)14)17-6-4-5-10(9-17)15-2/h7-8,10,15H,3-6,9H2,1-2H3. The van der Waals surface area contributed by atoms with Gasteiger partial charge in [0.1, 0.15) is 4.60 Å². The molecule has 1 N–H and O–H groups in total. The van der Waals surface area contributed by atoms with Crippen molar-refractivity contribution >= 4 is 21.6 Å². The van der Waals surface area contributed by atoms with Crippen LogP contribution in [0.1, 0.15) is 19.8 Å². The molecule has 1 aliphatic rings. The molecule has 1 saturated heterocycles. The molecule has 2 heterocycles. The van der Waals surface area contributed by atoms with Gasteiger partial charge in [0, 0.05) is 25.2 Å². The van der Waals surface area contributed by atoms with E-state index in [2.05, 4.69) is 37.2 Å². The molecule has 1 fully saturated rings. The monoisotopic (exact) mass is 313 g/mol. The third kappa shape index (κ3) is 3.14. The van der Waals surface area contributed by atoms with Gasteiger partial charge in [-0.1, -0.05) is 0 Å². The Morgan fingerprint density at radius 2 is 2.44 bits per heavy atom. The Hall–Kier alpha value is -0.810. The highest BCUT2D eigenvalue weighted by molar-refractivity contribution is 9.10. The second-order valence-corrected chi connectivity index (χ2v) is 5.24. The Morgan fingerprint density at radius 3 is 3.17 bits per heavy atom. The molecule has 18 heavy (non-hydrogen) atoms. The van der Waals surface area contributed by atoms with E-state index in [0.29, 0.717) is 12.6 Å². The lowest BCUT2D eigenvalue weighted by molar-refractivity contribution is 0.336. The van der Waals surface area contributed by atoms with E-state index in [4.69, 9.17) is 4.74 Å². The molecule has 0 bridgehead atoms. The van der Waals surface area contributed by atoms with Crippen molar-refractivity contribution in [2.24, 2.45) is 0 Å². The molecule has 0 aliphatic carbocycles. The normalized spacial score (nSPS) is 19.9. The topological polar surface area (TPSA) is 37.4 Å². The van der Waals surface area contributed by atoms with Crippen molar-refractivity contribution in [3.63, 3.8) is 0 Å². The average Bonchev–Trinajstić information content (AvgIpc) is 2.41. The van der Waals surface area contributed by atoms with Gasteiger partial charge < -0.3 is 15.0 Å². The predicted molar refractivity (Wildman–Crippen MR) is 77.4 cm³/mol. The molecule has 0 radical (unpaired) electrons. The number of likely N-dealkylation sites (N-methyl/N-ethyl adjacent to an activating group) is 1. The quantitative estimate of drug-likeness (QED) is 0.866. The lowest BCUT2D eigenvalue weighted by Gasteiger charge is -2.34. The number of nitrogens with zero attached hydrogens (tertiary/aromatic N) is 2. The van der Waals surface area contributed by atoms with E-state index in [0.717, 1.165) is 29.1 Å². The van der Waals surface area contributed by atoms with E-state index in [9.17, 15) is 0 Å². The maximum absolute atomic E-state index is 5.57. The zero-order valence-corrected chi connectivity index (χ0v) is 12.5. The highest BCUT2D eigenvalue weighted by Gasteiger charge is 2.19. The Balaban J connectivity index is 2.14. The highest BCUT2D eigenvalue weighted by Crippen LogP contribution is 2.29. The number of aromatic nitrogens is 1. The largest absolute Gasteiger partial charge is 0.491 e. The molecule has 5 heteroatoms. The molecule has 1 aliphatic heterocycles. The summed E-state index contributed by atoms with van der Waals surface area (Å²) in [5.41, 5.74) is 1.14. The van der Waals surface area contributed by atoms with Crippen molar-refractivity contribution in [3.05, 3.63) is 16.9 Å². The number of rotatable bonds is 4. The second-order valence-electron chi connectivity index (χ2n) is 4.49. The molecular formula is C13H20BrN3O. The number of anilines is 1. The van der Waals surface area contributed by atoms with E-state index in [-0.39, 0.29) is 0 Å². The maximum atomic E-state index is 5.57. The molecular weight excluding hydrogens is 294 g/mol. The summed E-state index contributed by atoms with van der Waals surface area (Å²) in [5.74, 6) is 0.821. The van der Waals surface area contributed by atoms with Crippen LogP contribution in [0.2, 0.25) is 0 Å². The van der Waals surface area contributed by atoms with Gasteiger partial charge in [0.05, 0.1) is 18.5 Å². The van der Waals surface area contributed by atoms with E-state index < -0.39 is 0 Å². The summed E-state index contributed by atoms with van der Waals surface area (Å²) in [6.07, 6.45) is 4.37. The van der Waals surface area contributed by atoms with Crippen molar-refractivity contribution in [2.45, 2.75) is 25.8 Å². The molecule has 0 spiro atoms. The Morgan fingerprint density at radius 1 is 1.61 bits per heavy atom. The number of hydrogen-bond donors (Lipinski definition) is 1. The zero-order chi connectivity index (χ0) is 13.0. The number of ether oxygens (including phenoxy) is 1. The van der Waals surface area contributed by atoms with Crippen molar-refractivity contribution in [3.8, 4) is 5.75 Å². The first-order valence-corrected chi connectivity index (χ1v) is 7.24. The fourth-order valence-electron chi connectivity index (χ4n) is 2.29. The number of halogens is 1. The lowest BCUT2D eigenvalue weighted by atomic mass is 10.1. The summed E-state index contributed by atoms with van der Waals surface area (Å²) in [7, 11) is 2.03. The van der Waals surface area contributed by atoms with Crippen molar-refractivity contribution in [2.75, 3.05) is 31.6 Å². The van der Waals surface area contributed by atoms with Crippen LogP contribution in [0.25, 0.3) is 0 Å². The zero-order valence-electron chi connectivity index (χ0n) is 10.9. The first-order chi connectivity index (χ1) is 8.74. The number of pyridine rings is 1. The van der Waals surface area contributed by atoms with Gasteiger partial charge in [0.25, 0.3) is 0 Å². The van der Waals surface area contributed by atoms with Crippen molar-refractivity contribution in [1.82, 2.24) is 10.3 Å². The SMILES string of the molecule is CCOc1cc(N2CCCC(NC)C2)cnc1Br. The van der Waals surface area contributed by atoms with Gasteiger partial charge in [-0.15, -0.1) is 0 Å². The number of hydrogen-bond acceptors (Lipinski definition) is 4. The van der Waals surface area contributed by atoms with Crippen LogP contribution >= 0.6 is 15.9 Å². The molecule has 100 valence electrons. The fraction of sp³-hybridized carbons (Fsp3) is 0.615. The minimum Gasteiger partial charge on any atom is -0.491 e. The van der Waals surface area contributed by atoms with Gasteiger partial charge in [-0.25, -0.2) is 4.98 Å². The summed E-state index contributed by atoms with van der Waals surface area (Å²) in [6, 6.07) is 2.64. The molecule has 2 rings (SSSR count). The predicted octanol–water partition coefficient (Wildman–Crippen LogP) is 2.43. The Bertz CT molecular complexity index is 400. The number of piperidine rings is 1. The average molecular weight is 314 g/mol. The molecule has 0 saturated carbocycles. The van der Waals surface area contributed by atoms with Crippen LogP contribution in [-0.4, -0.2) is 37.8 Å². The molecule has 1 aromatic heterocycles. The molecule has 1 unspecified atom stereocenters. The minimum absolute atomic E-state index is 0.568.